The molecule has 0 aromatic carbocycles. The number of hydrogen-bond acceptors (Lipinski definition) is 8. The average Bonchev–Trinajstić information content (AvgIpc) is 2.92. The highest BCUT2D eigenvalue weighted by Gasteiger charge is 2.08. The molecule has 1 N–H and O–H groups in total. The van der Waals surface area contributed by atoms with E-state index in [1.807, 2.05) is 14.1 Å². The SMILES string of the molecule is CNc1nc(SCCN(C)C)nc(-n2cncn2)n1. The van der Waals surface area contributed by atoms with Crippen LogP contribution in [0, 0.1) is 0 Å². The predicted molar refractivity (Wildman–Crippen MR) is 73.6 cm³/mol. The summed E-state index contributed by atoms with van der Waals surface area (Å²) in [5.74, 6) is 1.90. The third-order valence-corrected chi connectivity index (χ3v) is 3.05. The van der Waals surface area contributed by atoms with Crippen LogP contribution in [0.1, 0.15) is 0 Å². The monoisotopic (exact) mass is 280 g/mol. The number of thioether (sulfide) groups is 1. The van der Waals surface area contributed by atoms with Gasteiger partial charge >= 0.3 is 0 Å². The first kappa shape index (κ1) is 13.7. The number of aromatic nitrogens is 6. The van der Waals surface area contributed by atoms with E-state index in [0.29, 0.717) is 17.1 Å². The van der Waals surface area contributed by atoms with Gasteiger partial charge in [-0.05, 0) is 14.1 Å². The Morgan fingerprint density at radius 3 is 2.79 bits per heavy atom. The van der Waals surface area contributed by atoms with Gasteiger partial charge in [-0.1, -0.05) is 11.8 Å². The lowest BCUT2D eigenvalue weighted by atomic mass is 10.7. The fourth-order valence-electron chi connectivity index (χ4n) is 1.26. The first-order valence-corrected chi connectivity index (χ1v) is 6.74. The van der Waals surface area contributed by atoms with E-state index in [2.05, 4.69) is 35.3 Å². The molecule has 0 saturated heterocycles. The van der Waals surface area contributed by atoms with Crippen molar-refractivity contribution in [2.24, 2.45) is 0 Å². The standard InChI is InChI=1S/C10H16N8S/c1-11-8-14-9(18-7-12-6-13-18)16-10(15-8)19-5-4-17(2)3/h6-7H,4-5H2,1-3H3,(H,11,14,15,16). The Morgan fingerprint density at radius 2 is 2.16 bits per heavy atom. The van der Waals surface area contributed by atoms with Gasteiger partial charge in [-0.25, -0.2) is 4.98 Å². The van der Waals surface area contributed by atoms with Crippen molar-refractivity contribution in [3.63, 3.8) is 0 Å². The molecule has 0 radical (unpaired) electrons. The van der Waals surface area contributed by atoms with Gasteiger partial charge in [0.15, 0.2) is 5.16 Å². The van der Waals surface area contributed by atoms with E-state index in [9.17, 15) is 0 Å². The molecule has 0 saturated carbocycles. The molecule has 0 aliphatic rings. The van der Waals surface area contributed by atoms with Gasteiger partial charge in [0.05, 0.1) is 0 Å². The van der Waals surface area contributed by atoms with Crippen LogP contribution in [0.2, 0.25) is 0 Å². The van der Waals surface area contributed by atoms with Crippen molar-refractivity contribution < 1.29 is 0 Å². The maximum Gasteiger partial charge on any atom is 0.257 e. The van der Waals surface area contributed by atoms with Crippen LogP contribution in [0.4, 0.5) is 5.95 Å². The van der Waals surface area contributed by atoms with Crippen LogP contribution in [-0.4, -0.2) is 68.1 Å². The largest absolute Gasteiger partial charge is 0.357 e. The van der Waals surface area contributed by atoms with Crippen LogP contribution in [0.15, 0.2) is 17.8 Å². The zero-order chi connectivity index (χ0) is 13.7. The summed E-state index contributed by atoms with van der Waals surface area (Å²) in [7, 11) is 5.84. The number of nitrogens with zero attached hydrogens (tertiary/aromatic N) is 7. The van der Waals surface area contributed by atoms with Crippen molar-refractivity contribution in [2.45, 2.75) is 5.16 Å². The summed E-state index contributed by atoms with van der Waals surface area (Å²) in [5.41, 5.74) is 0. The topological polar surface area (TPSA) is 84.7 Å². The molecular weight excluding hydrogens is 264 g/mol. The first-order chi connectivity index (χ1) is 9.19. The quantitative estimate of drug-likeness (QED) is 0.748. The molecule has 0 aliphatic carbocycles. The van der Waals surface area contributed by atoms with Crippen molar-refractivity contribution in [1.29, 1.82) is 0 Å². The lowest BCUT2D eigenvalue weighted by Gasteiger charge is -2.09. The van der Waals surface area contributed by atoms with Crippen molar-refractivity contribution in [1.82, 2.24) is 34.6 Å². The lowest BCUT2D eigenvalue weighted by molar-refractivity contribution is 0.437. The van der Waals surface area contributed by atoms with E-state index < -0.39 is 0 Å². The molecule has 8 nitrogen and oxygen atoms in total. The van der Waals surface area contributed by atoms with Gasteiger partial charge in [-0.2, -0.15) is 24.7 Å². The molecular formula is C10H16N8S. The second-order valence-corrected chi connectivity index (χ2v) is 5.05. The highest BCUT2D eigenvalue weighted by atomic mass is 32.2. The van der Waals surface area contributed by atoms with Crippen LogP contribution in [0.3, 0.4) is 0 Å². The van der Waals surface area contributed by atoms with Gasteiger partial charge in [-0.3, -0.25) is 0 Å². The summed E-state index contributed by atoms with van der Waals surface area (Å²) in [5, 5.41) is 7.61. The third-order valence-electron chi connectivity index (χ3n) is 2.22. The summed E-state index contributed by atoms with van der Waals surface area (Å²) < 4.78 is 1.51. The molecule has 19 heavy (non-hydrogen) atoms. The van der Waals surface area contributed by atoms with Gasteiger partial charge in [0.1, 0.15) is 12.7 Å². The Morgan fingerprint density at radius 1 is 1.32 bits per heavy atom. The highest BCUT2D eigenvalue weighted by Crippen LogP contribution is 2.15. The summed E-state index contributed by atoms with van der Waals surface area (Å²) in [6, 6.07) is 0. The summed E-state index contributed by atoms with van der Waals surface area (Å²) >= 11 is 1.58. The van der Waals surface area contributed by atoms with Crippen molar-refractivity contribution in [3.8, 4) is 5.95 Å². The normalized spacial score (nSPS) is 10.9. The van der Waals surface area contributed by atoms with Crippen LogP contribution in [0.25, 0.3) is 5.95 Å². The van der Waals surface area contributed by atoms with Gasteiger partial charge in [-0.15, -0.1) is 0 Å². The van der Waals surface area contributed by atoms with Gasteiger partial charge < -0.3 is 10.2 Å². The number of hydrogen-bond donors (Lipinski definition) is 1. The maximum atomic E-state index is 4.36. The fourth-order valence-corrected chi connectivity index (χ4v) is 2.19. The molecule has 2 heterocycles. The Bertz CT molecular complexity index is 512. The molecule has 102 valence electrons. The van der Waals surface area contributed by atoms with E-state index in [-0.39, 0.29) is 0 Å². The Labute approximate surface area is 115 Å². The van der Waals surface area contributed by atoms with E-state index in [0.717, 1.165) is 12.3 Å². The van der Waals surface area contributed by atoms with E-state index in [4.69, 9.17) is 0 Å². The molecule has 2 aromatic heterocycles. The second-order valence-electron chi connectivity index (χ2n) is 3.98. The minimum atomic E-state index is 0.462. The van der Waals surface area contributed by atoms with Gasteiger partial charge in [0.2, 0.25) is 5.95 Å². The minimum absolute atomic E-state index is 0.462. The third kappa shape index (κ3) is 3.86. The van der Waals surface area contributed by atoms with Crippen LogP contribution in [-0.2, 0) is 0 Å². The molecule has 0 spiro atoms. The summed E-state index contributed by atoms with van der Waals surface area (Å²) in [4.78, 5) is 18.9. The molecule has 0 fully saturated rings. The summed E-state index contributed by atoms with van der Waals surface area (Å²) in [6.07, 6.45) is 3.00. The molecule has 0 bridgehead atoms. The van der Waals surface area contributed by atoms with Crippen LogP contribution >= 0.6 is 11.8 Å². The maximum absolute atomic E-state index is 4.36. The fraction of sp³-hybridized carbons (Fsp3) is 0.500. The number of rotatable bonds is 6. The van der Waals surface area contributed by atoms with Gasteiger partial charge in [0.25, 0.3) is 5.95 Å². The highest BCUT2D eigenvalue weighted by molar-refractivity contribution is 7.99. The van der Waals surface area contributed by atoms with Crippen LogP contribution in [0.5, 0.6) is 0 Å². The smallest absolute Gasteiger partial charge is 0.257 e. The molecule has 2 rings (SSSR count). The number of anilines is 1. The first-order valence-electron chi connectivity index (χ1n) is 5.75. The van der Waals surface area contributed by atoms with Crippen molar-refractivity contribution in [3.05, 3.63) is 12.7 Å². The Balaban J connectivity index is 2.16. The van der Waals surface area contributed by atoms with E-state index in [1.54, 1.807) is 25.1 Å². The Hall–Kier alpha value is -1.74. The van der Waals surface area contributed by atoms with Crippen LogP contribution < -0.4 is 5.32 Å². The van der Waals surface area contributed by atoms with Gasteiger partial charge in [0, 0.05) is 19.3 Å². The molecule has 0 atom stereocenters. The minimum Gasteiger partial charge on any atom is -0.357 e. The zero-order valence-corrected chi connectivity index (χ0v) is 11.9. The predicted octanol–water partition coefficient (Wildman–Crippen LogP) is 0.148. The lowest BCUT2D eigenvalue weighted by Crippen LogP contribution is -2.15. The van der Waals surface area contributed by atoms with E-state index in [1.165, 1.54) is 11.0 Å². The molecule has 0 unspecified atom stereocenters. The average molecular weight is 280 g/mol. The Kier molecular flexibility index (Phi) is 4.63. The molecule has 0 amide bonds. The number of nitrogens with one attached hydrogen (secondary N) is 1. The van der Waals surface area contributed by atoms with Crippen molar-refractivity contribution >= 4 is 17.7 Å². The molecule has 9 heteroatoms. The van der Waals surface area contributed by atoms with E-state index >= 15 is 0 Å². The van der Waals surface area contributed by atoms with Crippen molar-refractivity contribution in [2.75, 3.05) is 38.8 Å². The second kappa shape index (κ2) is 6.43. The summed E-state index contributed by atoms with van der Waals surface area (Å²) in [6.45, 7) is 0.962. The molecule has 2 aromatic rings. The molecule has 0 aliphatic heterocycles. The zero-order valence-electron chi connectivity index (χ0n) is 11.1.